The second-order valence-electron chi connectivity index (χ2n) is 4.72. The van der Waals surface area contributed by atoms with Gasteiger partial charge in [-0.15, -0.1) is 0 Å². The average Bonchev–Trinajstić information content (AvgIpc) is 1.93. The normalized spacial score (nSPS) is 46.8. The van der Waals surface area contributed by atoms with Gasteiger partial charge >= 0.3 is 0 Å². The number of hydrogen-bond acceptors (Lipinski definition) is 1. The third-order valence-electron chi connectivity index (χ3n) is 3.93. The molecule has 0 radical (unpaired) electrons. The Morgan fingerprint density at radius 3 is 2.45 bits per heavy atom. The Bertz CT molecular complexity index is 205. The van der Waals surface area contributed by atoms with Crippen LogP contribution in [0, 0.1) is 17.3 Å². The van der Waals surface area contributed by atoms with E-state index in [0.717, 1.165) is 11.8 Å². The molecule has 3 rings (SSSR count). The van der Waals surface area contributed by atoms with E-state index in [0.29, 0.717) is 11.5 Å². The summed E-state index contributed by atoms with van der Waals surface area (Å²) in [7, 11) is 0. The quantitative estimate of drug-likeness (QED) is 0.526. The molecule has 0 saturated heterocycles. The molecule has 0 amide bonds. The van der Waals surface area contributed by atoms with Gasteiger partial charge in [-0.3, -0.25) is 0 Å². The molecule has 0 aromatic carbocycles. The number of nitrogens with two attached hydrogens (primary N) is 1. The molecular weight excluding hydrogens is 134 g/mol. The van der Waals surface area contributed by atoms with Gasteiger partial charge in [0.15, 0.2) is 0 Å². The Morgan fingerprint density at radius 1 is 1.45 bits per heavy atom. The molecule has 2 N–H and O–H groups in total. The molecule has 3 aliphatic carbocycles. The molecule has 3 atom stereocenters. The van der Waals surface area contributed by atoms with Crippen molar-refractivity contribution in [3.05, 3.63) is 12.2 Å². The maximum absolute atomic E-state index is 5.92. The Labute approximate surface area is 68.7 Å². The van der Waals surface area contributed by atoms with Crippen molar-refractivity contribution in [3.8, 4) is 0 Å². The van der Waals surface area contributed by atoms with Gasteiger partial charge in [-0.2, -0.15) is 0 Å². The van der Waals surface area contributed by atoms with Crippen LogP contribution in [0.15, 0.2) is 12.2 Å². The second kappa shape index (κ2) is 1.89. The summed E-state index contributed by atoms with van der Waals surface area (Å²) in [4.78, 5) is 0. The molecule has 0 aliphatic heterocycles. The fourth-order valence-electron chi connectivity index (χ4n) is 2.76. The highest BCUT2D eigenvalue weighted by Gasteiger charge is 2.53. The van der Waals surface area contributed by atoms with E-state index >= 15 is 0 Å². The lowest BCUT2D eigenvalue weighted by Gasteiger charge is -2.59. The van der Waals surface area contributed by atoms with Crippen LogP contribution in [0.4, 0.5) is 0 Å². The first kappa shape index (κ1) is 7.35. The summed E-state index contributed by atoms with van der Waals surface area (Å²) >= 11 is 0. The molecule has 0 heterocycles. The number of hydrogen-bond donors (Lipinski definition) is 1. The fraction of sp³-hybridized carbons (Fsp3) is 0.800. The lowest BCUT2D eigenvalue weighted by Crippen LogP contribution is -2.55. The van der Waals surface area contributed by atoms with Gasteiger partial charge in [-0.25, -0.2) is 0 Å². The maximum Gasteiger partial charge on any atom is 0.0256 e. The highest BCUT2D eigenvalue weighted by molar-refractivity contribution is 5.24. The summed E-state index contributed by atoms with van der Waals surface area (Å²) in [5, 5.41) is 0. The summed E-state index contributed by atoms with van der Waals surface area (Å²) < 4.78 is 0. The van der Waals surface area contributed by atoms with Crippen LogP contribution >= 0.6 is 0 Å². The predicted molar refractivity (Wildman–Crippen MR) is 47.1 cm³/mol. The van der Waals surface area contributed by atoms with Crippen LogP contribution < -0.4 is 5.73 Å². The molecule has 1 heteroatoms. The van der Waals surface area contributed by atoms with Crippen molar-refractivity contribution >= 4 is 0 Å². The molecule has 3 saturated carbocycles. The van der Waals surface area contributed by atoms with Gasteiger partial charge in [0, 0.05) is 6.04 Å². The second-order valence-corrected chi connectivity index (χ2v) is 4.72. The van der Waals surface area contributed by atoms with Crippen LogP contribution in [0.3, 0.4) is 0 Å². The zero-order valence-corrected chi connectivity index (χ0v) is 7.43. The Balaban J connectivity index is 2.23. The minimum Gasteiger partial charge on any atom is -0.324 e. The molecule has 0 spiro atoms. The Morgan fingerprint density at radius 2 is 2.09 bits per heavy atom. The van der Waals surface area contributed by atoms with E-state index in [1.807, 2.05) is 0 Å². The van der Waals surface area contributed by atoms with E-state index in [-0.39, 0.29) is 0 Å². The van der Waals surface area contributed by atoms with E-state index in [2.05, 4.69) is 20.4 Å². The van der Waals surface area contributed by atoms with Crippen LogP contribution in [0.25, 0.3) is 0 Å². The predicted octanol–water partition coefficient (Wildman–Crippen LogP) is 1.94. The highest BCUT2D eigenvalue weighted by atomic mass is 14.7. The topological polar surface area (TPSA) is 26.0 Å². The SMILES string of the molecule is C=C1[C@H](N)C[C@H]2C[C@@H]1C2(C)C. The largest absolute Gasteiger partial charge is 0.324 e. The van der Waals surface area contributed by atoms with Gasteiger partial charge < -0.3 is 5.73 Å². The van der Waals surface area contributed by atoms with Crippen molar-refractivity contribution in [3.63, 3.8) is 0 Å². The van der Waals surface area contributed by atoms with Gasteiger partial charge in [-0.1, -0.05) is 26.0 Å². The molecule has 0 unspecified atom stereocenters. The number of rotatable bonds is 0. The van der Waals surface area contributed by atoms with Crippen LogP contribution in [0.2, 0.25) is 0 Å². The van der Waals surface area contributed by atoms with E-state index in [1.165, 1.54) is 18.4 Å². The molecule has 0 aromatic rings. The van der Waals surface area contributed by atoms with Crippen molar-refractivity contribution < 1.29 is 0 Å². The van der Waals surface area contributed by atoms with Crippen LogP contribution in [-0.4, -0.2) is 6.04 Å². The van der Waals surface area contributed by atoms with Crippen LogP contribution in [0.5, 0.6) is 0 Å². The minimum absolute atomic E-state index is 0.298. The third-order valence-corrected chi connectivity index (χ3v) is 3.93. The Hall–Kier alpha value is -0.300. The maximum atomic E-state index is 5.92. The monoisotopic (exact) mass is 151 g/mol. The molecule has 3 aliphatic rings. The average molecular weight is 151 g/mol. The van der Waals surface area contributed by atoms with E-state index in [1.54, 1.807) is 0 Å². The van der Waals surface area contributed by atoms with Crippen LogP contribution in [0.1, 0.15) is 26.7 Å². The smallest absolute Gasteiger partial charge is 0.0256 e. The van der Waals surface area contributed by atoms with E-state index in [4.69, 9.17) is 5.73 Å². The van der Waals surface area contributed by atoms with E-state index in [9.17, 15) is 0 Å². The first-order chi connectivity index (χ1) is 5.03. The molecule has 2 bridgehead atoms. The summed E-state index contributed by atoms with van der Waals surface area (Å²) in [6, 6.07) is 0.298. The van der Waals surface area contributed by atoms with Crippen LogP contribution in [-0.2, 0) is 0 Å². The summed E-state index contributed by atoms with van der Waals surface area (Å²) in [5.74, 6) is 1.59. The van der Waals surface area contributed by atoms with Crippen molar-refractivity contribution in [2.75, 3.05) is 0 Å². The number of fused-ring (bicyclic) bond motifs is 2. The first-order valence-electron chi connectivity index (χ1n) is 4.47. The molecule has 0 aromatic heterocycles. The molecule has 3 fully saturated rings. The summed E-state index contributed by atoms with van der Waals surface area (Å²) in [6.07, 6.45) is 2.52. The first-order valence-corrected chi connectivity index (χ1v) is 4.47. The van der Waals surface area contributed by atoms with Gasteiger partial charge in [-0.05, 0) is 30.1 Å². The summed E-state index contributed by atoms with van der Waals surface area (Å²) in [5.41, 5.74) is 7.73. The summed E-state index contributed by atoms with van der Waals surface area (Å²) in [6.45, 7) is 8.78. The van der Waals surface area contributed by atoms with Crippen molar-refractivity contribution in [2.24, 2.45) is 23.0 Å². The minimum atomic E-state index is 0.298. The fourth-order valence-corrected chi connectivity index (χ4v) is 2.76. The zero-order valence-electron chi connectivity index (χ0n) is 7.43. The lowest BCUT2D eigenvalue weighted by atomic mass is 9.46. The molecular formula is C10H17N. The standard InChI is InChI=1S/C10H17N/c1-6-8-4-7(5-9(6)11)10(8,2)3/h7-9H,1,4-5,11H2,2-3H3/t7-,8+,9-/m1/s1. The van der Waals surface area contributed by atoms with Crippen molar-refractivity contribution in [1.82, 2.24) is 0 Å². The van der Waals surface area contributed by atoms with E-state index < -0.39 is 0 Å². The third kappa shape index (κ3) is 0.750. The molecule has 62 valence electrons. The van der Waals surface area contributed by atoms with Gasteiger partial charge in [0.1, 0.15) is 0 Å². The lowest BCUT2D eigenvalue weighted by molar-refractivity contribution is -0.0336. The molecule has 11 heavy (non-hydrogen) atoms. The van der Waals surface area contributed by atoms with Crippen molar-refractivity contribution in [2.45, 2.75) is 32.7 Å². The van der Waals surface area contributed by atoms with Gasteiger partial charge in [0.25, 0.3) is 0 Å². The van der Waals surface area contributed by atoms with Gasteiger partial charge in [0.2, 0.25) is 0 Å². The van der Waals surface area contributed by atoms with Gasteiger partial charge in [0.05, 0.1) is 0 Å². The highest BCUT2D eigenvalue weighted by Crippen LogP contribution is 2.60. The Kier molecular flexibility index (Phi) is 1.26. The zero-order chi connectivity index (χ0) is 8.22. The molecule has 1 nitrogen and oxygen atoms in total. The van der Waals surface area contributed by atoms with Crippen molar-refractivity contribution in [1.29, 1.82) is 0 Å².